The number of rotatable bonds is 13. The molecule has 6 heteroatoms. The fourth-order valence-corrected chi connectivity index (χ4v) is 5.32. The van der Waals surface area contributed by atoms with Crippen LogP contribution in [0.2, 0.25) is 39.3 Å². The van der Waals surface area contributed by atoms with E-state index in [9.17, 15) is 0 Å². The van der Waals surface area contributed by atoms with Crippen LogP contribution in [0.1, 0.15) is 38.3 Å². The van der Waals surface area contributed by atoms with Crippen LogP contribution in [0.25, 0.3) is 22.9 Å². The van der Waals surface area contributed by atoms with Gasteiger partial charge in [0.25, 0.3) is 0 Å². The molecule has 4 nitrogen and oxygen atoms in total. The summed E-state index contributed by atoms with van der Waals surface area (Å²) in [5, 5.41) is 2.39. The molecule has 0 bridgehead atoms. The number of hydrogen-bond donors (Lipinski definition) is 0. The molecule has 2 aromatic rings. The lowest BCUT2D eigenvalue weighted by Gasteiger charge is -2.27. The summed E-state index contributed by atoms with van der Waals surface area (Å²) in [4.78, 5) is 0. The highest BCUT2D eigenvalue weighted by atomic mass is 28.4. The van der Waals surface area contributed by atoms with Crippen LogP contribution in [0.15, 0.2) is 48.9 Å². The molecule has 0 aliphatic rings. The van der Waals surface area contributed by atoms with Gasteiger partial charge in [-0.3, -0.25) is 0 Å². The predicted molar refractivity (Wildman–Crippen MR) is 151 cm³/mol. The van der Waals surface area contributed by atoms with E-state index in [-0.39, 0.29) is 18.3 Å². The maximum atomic E-state index is 6.11. The van der Waals surface area contributed by atoms with Crippen LogP contribution in [0, 0.1) is 0 Å². The molecule has 3 unspecified atom stereocenters. The van der Waals surface area contributed by atoms with Gasteiger partial charge in [0.05, 0.1) is 25.2 Å². The number of ether oxygens (including phenoxy) is 2. The van der Waals surface area contributed by atoms with Crippen molar-refractivity contribution < 1.29 is 18.3 Å². The Hall–Kier alpha value is -1.87. The fraction of sp³-hybridized carbons (Fsp3) is 0.500. The van der Waals surface area contributed by atoms with Crippen LogP contribution in [0.4, 0.5) is 0 Å². The molecule has 0 fully saturated rings. The molecule has 188 valence electrons. The van der Waals surface area contributed by atoms with Crippen LogP contribution in [-0.4, -0.2) is 41.6 Å². The summed E-state index contributed by atoms with van der Waals surface area (Å²) in [6.07, 6.45) is 8.68. The maximum absolute atomic E-state index is 6.11. The fourth-order valence-electron chi connectivity index (χ4n) is 3.32. The van der Waals surface area contributed by atoms with Crippen molar-refractivity contribution in [2.45, 2.75) is 84.8 Å². The summed E-state index contributed by atoms with van der Waals surface area (Å²) in [7, 11) is -3.11. The molecule has 2 rings (SSSR count). The van der Waals surface area contributed by atoms with Crippen LogP contribution in [0.5, 0.6) is 0 Å². The minimum absolute atomic E-state index is 0.00302. The van der Waals surface area contributed by atoms with Crippen molar-refractivity contribution in [3.05, 3.63) is 60.0 Å². The van der Waals surface area contributed by atoms with E-state index in [1.807, 2.05) is 12.2 Å². The Bertz CT molecular complexity index is 908. The summed E-state index contributed by atoms with van der Waals surface area (Å²) >= 11 is 0. The molecule has 0 aromatic heterocycles. The normalized spacial score (nSPS) is 15.7. The van der Waals surface area contributed by atoms with E-state index >= 15 is 0 Å². The Labute approximate surface area is 209 Å². The van der Waals surface area contributed by atoms with Gasteiger partial charge in [-0.25, -0.2) is 0 Å². The molecule has 0 aliphatic carbocycles. The second-order valence-electron chi connectivity index (χ2n) is 10.8. The third kappa shape index (κ3) is 10.6. The second-order valence-corrected chi connectivity index (χ2v) is 19.8. The molecular formula is C28H44O4Si2. The Balaban J connectivity index is 1.99. The smallest absolute Gasteiger partial charge is 0.184 e. The van der Waals surface area contributed by atoms with E-state index in [2.05, 4.69) is 96.5 Å². The Morgan fingerprint density at radius 2 is 1.29 bits per heavy atom. The molecular weight excluding hydrogens is 456 g/mol. The van der Waals surface area contributed by atoms with Crippen LogP contribution >= 0.6 is 0 Å². The van der Waals surface area contributed by atoms with Gasteiger partial charge < -0.3 is 18.3 Å². The Morgan fingerprint density at radius 3 is 1.79 bits per heavy atom. The zero-order valence-corrected chi connectivity index (χ0v) is 24.6. The molecule has 0 radical (unpaired) electrons. The summed E-state index contributed by atoms with van der Waals surface area (Å²) in [6.45, 7) is 20.1. The van der Waals surface area contributed by atoms with Crippen molar-refractivity contribution in [2.75, 3.05) is 6.61 Å². The van der Waals surface area contributed by atoms with Crippen molar-refractivity contribution in [1.82, 2.24) is 0 Å². The van der Waals surface area contributed by atoms with E-state index in [1.165, 1.54) is 10.8 Å². The van der Waals surface area contributed by atoms with Crippen molar-refractivity contribution in [3.8, 4) is 0 Å². The van der Waals surface area contributed by atoms with Crippen molar-refractivity contribution in [3.63, 3.8) is 0 Å². The predicted octanol–water partition coefficient (Wildman–Crippen LogP) is 8.07. The summed E-state index contributed by atoms with van der Waals surface area (Å²) in [5.74, 6) is 0. The summed E-state index contributed by atoms with van der Waals surface area (Å²) in [6, 6.07) is 12.9. The van der Waals surface area contributed by atoms with Crippen LogP contribution < -0.4 is 0 Å². The Morgan fingerprint density at radius 1 is 0.735 bits per heavy atom. The van der Waals surface area contributed by atoms with Gasteiger partial charge in [-0.05, 0) is 106 Å². The van der Waals surface area contributed by atoms with Gasteiger partial charge in [0.1, 0.15) is 12.2 Å². The maximum Gasteiger partial charge on any atom is 0.184 e. The van der Waals surface area contributed by atoms with E-state index in [0.717, 1.165) is 17.5 Å². The standard InChI is InChI=1S/C28H44O4Si2/c1-10-28(21-31-33(4,5)6)30-18-16-25-12-14-26-13-11-24(19-27(26)20-25)15-17-29-22(2)23(3)32-34(7,8)9/h11-20,22-23,28H,10,21H2,1-9H3. The monoisotopic (exact) mass is 500 g/mol. The van der Waals surface area contributed by atoms with Crippen molar-refractivity contribution >= 4 is 39.6 Å². The molecule has 3 atom stereocenters. The zero-order chi connectivity index (χ0) is 25.4. The molecule has 0 heterocycles. The van der Waals surface area contributed by atoms with Gasteiger partial charge in [0.15, 0.2) is 16.6 Å². The van der Waals surface area contributed by atoms with Crippen LogP contribution in [0.3, 0.4) is 0 Å². The zero-order valence-electron chi connectivity index (χ0n) is 22.6. The highest BCUT2D eigenvalue weighted by Gasteiger charge is 2.22. The number of benzene rings is 2. The van der Waals surface area contributed by atoms with Gasteiger partial charge in [-0.15, -0.1) is 0 Å². The molecule has 0 aliphatic heterocycles. The minimum Gasteiger partial charge on any atom is -0.496 e. The van der Waals surface area contributed by atoms with E-state index in [0.29, 0.717) is 6.61 Å². The third-order valence-electron chi connectivity index (χ3n) is 5.33. The molecule has 34 heavy (non-hydrogen) atoms. The lowest BCUT2D eigenvalue weighted by atomic mass is 10.0. The van der Waals surface area contributed by atoms with E-state index in [4.69, 9.17) is 18.3 Å². The van der Waals surface area contributed by atoms with E-state index in [1.54, 1.807) is 12.5 Å². The van der Waals surface area contributed by atoms with Gasteiger partial charge >= 0.3 is 0 Å². The largest absolute Gasteiger partial charge is 0.496 e. The first kappa shape index (κ1) is 28.4. The number of fused-ring (bicyclic) bond motifs is 1. The lowest BCUT2D eigenvalue weighted by molar-refractivity contribution is 0.0435. The van der Waals surface area contributed by atoms with Crippen LogP contribution in [-0.2, 0) is 18.3 Å². The molecule has 0 N–H and O–H groups in total. The number of hydrogen-bond acceptors (Lipinski definition) is 4. The van der Waals surface area contributed by atoms with E-state index < -0.39 is 16.6 Å². The lowest BCUT2D eigenvalue weighted by Crippen LogP contribution is -2.36. The molecule has 0 saturated heterocycles. The van der Waals surface area contributed by atoms with Gasteiger partial charge in [-0.2, -0.15) is 0 Å². The Kier molecular flexibility index (Phi) is 10.6. The highest BCUT2D eigenvalue weighted by molar-refractivity contribution is 6.70. The second kappa shape index (κ2) is 12.7. The van der Waals surface area contributed by atoms with Gasteiger partial charge in [-0.1, -0.05) is 31.2 Å². The molecule has 0 amide bonds. The van der Waals surface area contributed by atoms with Crippen molar-refractivity contribution in [2.24, 2.45) is 0 Å². The highest BCUT2D eigenvalue weighted by Crippen LogP contribution is 2.20. The topological polar surface area (TPSA) is 36.9 Å². The first-order chi connectivity index (χ1) is 15.9. The molecule has 0 saturated carbocycles. The minimum atomic E-state index is -1.58. The molecule has 0 spiro atoms. The van der Waals surface area contributed by atoms with Gasteiger partial charge in [0, 0.05) is 0 Å². The average molecular weight is 501 g/mol. The first-order valence-electron chi connectivity index (χ1n) is 12.4. The average Bonchev–Trinajstić information content (AvgIpc) is 2.73. The van der Waals surface area contributed by atoms with Crippen molar-refractivity contribution in [1.29, 1.82) is 0 Å². The first-order valence-corrected chi connectivity index (χ1v) is 19.2. The summed E-state index contributed by atoms with van der Waals surface area (Å²) < 4.78 is 23.9. The SMILES string of the molecule is CCC(CO[Si](C)(C)C)OC=Cc1ccc2ccc(C=COC(C)C(C)O[Si](C)(C)C)cc2c1. The van der Waals surface area contributed by atoms with Gasteiger partial charge in [0.2, 0.25) is 0 Å². The quantitative estimate of drug-likeness (QED) is 0.206. The molecule has 2 aromatic carbocycles. The summed E-state index contributed by atoms with van der Waals surface area (Å²) in [5.41, 5.74) is 2.21. The third-order valence-corrected chi connectivity index (χ3v) is 7.44.